The number of rotatable bonds is 13. The first-order valence-electron chi connectivity index (χ1n) is 9.98. The molecular weight excluding hydrogens is 371 g/mol. The molecular formula is C18H35N2O6P. The van der Waals surface area contributed by atoms with Crippen molar-refractivity contribution in [2.45, 2.75) is 89.4 Å². The van der Waals surface area contributed by atoms with Crippen LogP contribution in [0.2, 0.25) is 0 Å². The highest BCUT2D eigenvalue weighted by Crippen LogP contribution is 2.51. The van der Waals surface area contributed by atoms with Crippen molar-refractivity contribution >= 4 is 19.5 Å². The number of carboxylic acids is 1. The Bertz CT molecular complexity index is 530. The van der Waals surface area contributed by atoms with Crippen molar-refractivity contribution in [3.05, 3.63) is 0 Å². The van der Waals surface area contributed by atoms with Gasteiger partial charge in [0.1, 0.15) is 12.1 Å². The smallest absolute Gasteiger partial charge is 0.331 e. The predicted molar refractivity (Wildman–Crippen MR) is 104 cm³/mol. The number of aliphatic carboxylic acids is 1. The van der Waals surface area contributed by atoms with E-state index in [9.17, 15) is 24.2 Å². The zero-order valence-electron chi connectivity index (χ0n) is 16.5. The lowest BCUT2D eigenvalue weighted by atomic mass is 10.1. The molecule has 0 aromatic rings. The summed E-state index contributed by atoms with van der Waals surface area (Å²) in [5, 5.41) is 9.31. The molecule has 0 aromatic carbocycles. The van der Waals surface area contributed by atoms with E-state index < -0.39 is 37.3 Å². The summed E-state index contributed by atoms with van der Waals surface area (Å²) < 4.78 is 18.2. The number of nitrogens with two attached hydrogens (primary N) is 1. The Balaban J connectivity index is 2.84. The molecule has 1 saturated heterocycles. The molecule has 2 unspecified atom stereocenters. The van der Waals surface area contributed by atoms with Crippen LogP contribution in [0.5, 0.6) is 0 Å². The van der Waals surface area contributed by atoms with E-state index >= 15 is 0 Å². The van der Waals surface area contributed by atoms with Crippen molar-refractivity contribution in [3.63, 3.8) is 0 Å². The quantitative estimate of drug-likeness (QED) is 0.317. The van der Waals surface area contributed by atoms with Crippen LogP contribution < -0.4 is 5.73 Å². The molecule has 0 spiro atoms. The van der Waals surface area contributed by atoms with Crippen molar-refractivity contribution in [1.29, 1.82) is 0 Å². The Labute approximate surface area is 162 Å². The van der Waals surface area contributed by atoms with Gasteiger partial charge < -0.3 is 20.6 Å². The van der Waals surface area contributed by atoms with Crippen LogP contribution >= 0.6 is 7.60 Å². The van der Waals surface area contributed by atoms with Crippen molar-refractivity contribution < 1.29 is 28.7 Å². The van der Waals surface area contributed by atoms with Crippen LogP contribution in [0.1, 0.15) is 71.6 Å². The molecule has 0 saturated carbocycles. The summed E-state index contributed by atoms with van der Waals surface area (Å²) >= 11 is 0. The second-order valence-electron chi connectivity index (χ2n) is 7.32. The highest BCUT2D eigenvalue weighted by molar-refractivity contribution is 7.53. The molecule has 27 heavy (non-hydrogen) atoms. The summed E-state index contributed by atoms with van der Waals surface area (Å²) in [6, 6.07) is -0.891. The normalized spacial score (nSPS) is 21.6. The van der Waals surface area contributed by atoms with Crippen LogP contribution in [0.25, 0.3) is 0 Å². The Kier molecular flexibility index (Phi) is 10.5. The monoisotopic (exact) mass is 406 g/mol. The van der Waals surface area contributed by atoms with Gasteiger partial charge in [-0.2, -0.15) is 0 Å². The van der Waals surface area contributed by atoms with E-state index in [-0.39, 0.29) is 6.42 Å². The average Bonchev–Trinajstić information content (AvgIpc) is 3.10. The number of likely N-dealkylation sites (tertiary alicyclic amines) is 1. The van der Waals surface area contributed by atoms with Crippen molar-refractivity contribution in [1.82, 2.24) is 4.90 Å². The van der Waals surface area contributed by atoms with Gasteiger partial charge in [0.25, 0.3) is 5.91 Å². The third-order valence-electron chi connectivity index (χ3n) is 5.08. The van der Waals surface area contributed by atoms with E-state index in [1.807, 2.05) is 0 Å². The van der Waals surface area contributed by atoms with Gasteiger partial charge in [-0.25, -0.2) is 4.79 Å². The molecule has 1 heterocycles. The van der Waals surface area contributed by atoms with Crippen LogP contribution in [0.15, 0.2) is 0 Å². The molecule has 1 fully saturated rings. The molecule has 9 heteroatoms. The molecule has 1 aliphatic rings. The number of carbonyl (C=O) groups is 2. The fourth-order valence-electron chi connectivity index (χ4n) is 3.31. The number of carbonyl (C=O) groups excluding carboxylic acids is 1. The summed E-state index contributed by atoms with van der Waals surface area (Å²) in [4.78, 5) is 35.9. The molecule has 1 amide bonds. The summed E-state index contributed by atoms with van der Waals surface area (Å²) in [7, 11) is -3.99. The van der Waals surface area contributed by atoms with E-state index in [0.717, 1.165) is 19.3 Å². The predicted octanol–water partition coefficient (Wildman–Crippen LogP) is 2.73. The molecule has 4 N–H and O–H groups in total. The first-order valence-corrected chi connectivity index (χ1v) is 11.6. The fraction of sp³-hybridized carbons (Fsp3) is 0.889. The standard InChI is InChI=1S/C18H35N2O6P/c1-3-4-5-9-14(2)27(24,25)26-16(11-6-7-12-19)17(21)20-13-8-10-15(20)18(22)23/h14-16H,3-13,19H2,1-2H3,(H,22,23)(H,24,25)/t14?,15-,16-/m0/s1. The second kappa shape index (κ2) is 11.8. The lowest BCUT2D eigenvalue weighted by molar-refractivity contribution is -0.151. The molecule has 0 aromatic heterocycles. The number of amides is 1. The second-order valence-corrected chi connectivity index (χ2v) is 9.54. The van der Waals surface area contributed by atoms with E-state index in [4.69, 9.17) is 10.3 Å². The topological polar surface area (TPSA) is 130 Å². The van der Waals surface area contributed by atoms with Gasteiger partial charge in [-0.15, -0.1) is 0 Å². The first kappa shape index (κ1) is 24.1. The SMILES string of the molecule is CCCCCC(C)P(=O)(O)O[C@@H](CCCCN)C(=O)N1CCC[C@H]1C(=O)O. The van der Waals surface area contributed by atoms with E-state index in [1.54, 1.807) is 6.92 Å². The van der Waals surface area contributed by atoms with Gasteiger partial charge in [0, 0.05) is 6.54 Å². The minimum absolute atomic E-state index is 0.255. The molecule has 158 valence electrons. The van der Waals surface area contributed by atoms with E-state index in [1.165, 1.54) is 4.90 Å². The molecule has 0 aliphatic carbocycles. The molecule has 0 bridgehead atoms. The van der Waals surface area contributed by atoms with Crippen molar-refractivity contribution in [2.75, 3.05) is 13.1 Å². The minimum atomic E-state index is -3.99. The highest BCUT2D eigenvalue weighted by Gasteiger charge is 2.40. The average molecular weight is 406 g/mol. The molecule has 8 nitrogen and oxygen atoms in total. The van der Waals surface area contributed by atoms with Gasteiger partial charge in [0.2, 0.25) is 0 Å². The maximum absolute atomic E-state index is 12.9. The summed E-state index contributed by atoms with van der Waals surface area (Å²) in [6.07, 6.45) is 4.72. The molecule has 1 rings (SSSR count). The van der Waals surface area contributed by atoms with Gasteiger partial charge in [0.15, 0.2) is 0 Å². The number of hydrogen-bond acceptors (Lipinski definition) is 5. The van der Waals surface area contributed by atoms with Crippen molar-refractivity contribution in [3.8, 4) is 0 Å². The lowest BCUT2D eigenvalue weighted by Crippen LogP contribution is -2.46. The third-order valence-corrected chi connectivity index (χ3v) is 7.01. The number of hydrogen-bond donors (Lipinski definition) is 3. The minimum Gasteiger partial charge on any atom is -0.480 e. The van der Waals surface area contributed by atoms with Gasteiger partial charge in [-0.1, -0.05) is 33.1 Å². The van der Waals surface area contributed by atoms with Crippen molar-refractivity contribution in [2.24, 2.45) is 5.73 Å². The number of unbranched alkanes of at least 4 members (excludes halogenated alkanes) is 3. The molecule has 1 aliphatic heterocycles. The number of nitrogens with zero attached hydrogens (tertiary/aromatic N) is 1. The van der Waals surface area contributed by atoms with Gasteiger partial charge in [0.05, 0.1) is 5.66 Å². The zero-order chi connectivity index (χ0) is 20.4. The van der Waals surface area contributed by atoms with Crippen LogP contribution in [-0.2, 0) is 18.7 Å². The zero-order valence-corrected chi connectivity index (χ0v) is 17.4. The molecule has 0 radical (unpaired) electrons. The van der Waals surface area contributed by atoms with E-state index in [0.29, 0.717) is 45.2 Å². The Morgan fingerprint density at radius 2 is 1.93 bits per heavy atom. The summed E-state index contributed by atoms with van der Waals surface area (Å²) in [5.41, 5.74) is 4.93. The van der Waals surface area contributed by atoms with E-state index in [2.05, 4.69) is 6.92 Å². The van der Waals surface area contributed by atoms with Gasteiger partial charge in [-0.05, 0) is 45.1 Å². The Morgan fingerprint density at radius 1 is 1.26 bits per heavy atom. The third kappa shape index (κ3) is 7.53. The first-order chi connectivity index (χ1) is 12.7. The summed E-state index contributed by atoms with van der Waals surface area (Å²) in [5.74, 6) is -1.56. The maximum atomic E-state index is 12.9. The Hall–Kier alpha value is -0.950. The number of carboxylic acid groups (broad SMARTS) is 1. The van der Waals surface area contributed by atoms with Gasteiger partial charge >= 0.3 is 13.6 Å². The van der Waals surface area contributed by atoms with Crippen LogP contribution in [0.3, 0.4) is 0 Å². The highest BCUT2D eigenvalue weighted by atomic mass is 31.2. The van der Waals surface area contributed by atoms with Crippen LogP contribution in [-0.4, -0.2) is 57.7 Å². The molecule has 4 atom stereocenters. The van der Waals surface area contributed by atoms with Crippen LogP contribution in [0.4, 0.5) is 0 Å². The maximum Gasteiger partial charge on any atom is 0.331 e. The fourth-order valence-corrected chi connectivity index (χ4v) is 4.58. The largest absolute Gasteiger partial charge is 0.480 e. The lowest BCUT2D eigenvalue weighted by Gasteiger charge is -2.29. The van der Waals surface area contributed by atoms with Crippen LogP contribution in [0, 0.1) is 0 Å². The van der Waals surface area contributed by atoms with Gasteiger partial charge in [-0.3, -0.25) is 13.9 Å². The Morgan fingerprint density at radius 3 is 2.52 bits per heavy atom. The summed E-state index contributed by atoms with van der Waals surface area (Å²) in [6.45, 7) is 4.50.